The van der Waals surface area contributed by atoms with Gasteiger partial charge >= 0.3 is 0 Å². The lowest BCUT2D eigenvalue weighted by atomic mass is 10.2. The number of ether oxygens (including phenoxy) is 1. The Bertz CT molecular complexity index is 1170. The maximum Gasteiger partial charge on any atom is 0.261 e. The fraction of sp³-hybridized carbons (Fsp3) is 0.143. The van der Waals surface area contributed by atoms with Gasteiger partial charge < -0.3 is 4.74 Å². The Morgan fingerprint density at radius 3 is 2.10 bits per heavy atom. The Morgan fingerprint density at radius 2 is 1.45 bits per heavy atom. The van der Waals surface area contributed by atoms with Crippen molar-refractivity contribution in [3.8, 4) is 5.75 Å². The van der Waals surface area contributed by atoms with Crippen LogP contribution < -0.4 is 9.46 Å². The first-order chi connectivity index (χ1) is 13.7. The van der Waals surface area contributed by atoms with Crippen molar-refractivity contribution < 1.29 is 21.6 Å². The number of hydrogen-bond donors (Lipinski definition) is 1. The number of nitrogens with one attached hydrogen (secondary N) is 1. The number of rotatable bonds is 8. The van der Waals surface area contributed by atoms with Crippen LogP contribution in [0.4, 0.5) is 5.69 Å². The molecule has 0 amide bonds. The first-order valence-electron chi connectivity index (χ1n) is 8.84. The zero-order chi connectivity index (χ0) is 20.9. The average Bonchev–Trinajstić information content (AvgIpc) is 2.68. The van der Waals surface area contributed by atoms with Crippen molar-refractivity contribution in [2.75, 3.05) is 17.6 Å². The summed E-state index contributed by atoms with van der Waals surface area (Å²) in [6.07, 6.45) is 1.81. The molecule has 0 aliphatic heterocycles. The average molecular weight is 432 g/mol. The summed E-state index contributed by atoms with van der Waals surface area (Å²) in [5.41, 5.74) is 1.51. The van der Waals surface area contributed by atoms with Crippen LogP contribution in [-0.2, 0) is 26.3 Å². The predicted octanol–water partition coefficient (Wildman–Crippen LogP) is 3.51. The third-order valence-electron chi connectivity index (χ3n) is 4.15. The maximum absolute atomic E-state index is 12.6. The third-order valence-corrected chi connectivity index (χ3v) is 6.68. The predicted molar refractivity (Wildman–Crippen MR) is 112 cm³/mol. The minimum Gasteiger partial charge on any atom is -0.493 e. The molecule has 0 aromatic heterocycles. The van der Waals surface area contributed by atoms with Crippen LogP contribution in [0.5, 0.6) is 5.75 Å². The SMILES string of the molecule is CS(=O)(=O)c1ccc(S(=O)(=O)Nc2cccc(OCCc3ccccc3)c2)cc1. The number of benzene rings is 3. The van der Waals surface area contributed by atoms with Crippen LogP contribution in [0.2, 0.25) is 0 Å². The largest absolute Gasteiger partial charge is 0.493 e. The van der Waals surface area contributed by atoms with E-state index in [1.165, 1.54) is 24.3 Å². The highest BCUT2D eigenvalue weighted by Gasteiger charge is 2.16. The van der Waals surface area contributed by atoms with Gasteiger partial charge in [-0.1, -0.05) is 36.4 Å². The number of sulfonamides is 1. The molecule has 0 unspecified atom stereocenters. The van der Waals surface area contributed by atoms with Gasteiger partial charge in [0, 0.05) is 18.7 Å². The second-order valence-electron chi connectivity index (χ2n) is 6.46. The summed E-state index contributed by atoms with van der Waals surface area (Å²) in [7, 11) is -7.25. The van der Waals surface area contributed by atoms with Crippen molar-refractivity contribution in [3.63, 3.8) is 0 Å². The zero-order valence-corrected chi connectivity index (χ0v) is 17.4. The van der Waals surface area contributed by atoms with E-state index in [1.54, 1.807) is 24.3 Å². The van der Waals surface area contributed by atoms with Gasteiger partial charge in [-0.2, -0.15) is 0 Å². The molecule has 0 spiro atoms. The molecule has 0 heterocycles. The molecule has 3 aromatic carbocycles. The van der Waals surface area contributed by atoms with Crippen molar-refractivity contribution >= 4 is 25.5 Å². The van der Waals surface area contributed by atoms with Crippen molar-refractivity contribution in [1.82, 2.24) is 0 Å². The van der Waals surface area contributed by atoms with E-state index >= 15 is 0 Å². The summed E-state index contributed by atoms with van der Waals surface area (Å²) >= 11 is 0. The van der Waals surface area contributed by atoms with E-state index in [4.69, 9.17) is 4.74 Å². The molecule has 0 radical (unpaired) electrons. The molecule has 0 bridgehead atoms. The fourth-order valence-electron chi connectivity index (χ4n) is 2.66. The number of hydrogen-bond acceptors (Lipinski definition) is 5. The van der Waals surface area contributed by atoms with Crippen molar-refractivity contribution in [2.45, 2.75) is 16.2 Å². The highest BCUT2D eigenvalue weighted by atomic mass is 32.2. The van der Waals surface area contributed by atoms with Gasteiger partial charge in [-0.05, 0) is 42.0 Å². The van der Waals surface area contributed by atoms with E-state index in [-0.39, 0.29) is 9.79 Å². The van der Waals surface area contributed by atoms with Gasteiger partial charge in [-0.25, -0.2) is 16.8 Å². The van der Waals surface area contributed by atoms with Crippen LogP contribution >= 0.6 is 0 Å². The van der Waals surface area contributed by atoms with Gasteiger partial charge in [0.15, 0.2) is 9.84 Å². The smallest absolute Gasteiger partial charge is 0.261 e. The van der Waals surface area contributed by atoms with Gasteiger partial charge in [0.25, 0.3) is 10.0 Å². The van der Waals surface area contributed by atoms with Crippen molar-refractivity contribution in [3.05, 3.63) is 84.4 Å². The number of anilines is 1. The second kappa shape index (κ2) is 8.67. The minimum absolute atomic E-state index is 0.0275. The molecule has 0 atom stereocenters. The highest BCUT2D eigenvalue weighted by molar-refractivity contribution is 7.92. The standard InChI is InChI=1S/C21H21NO5S2/c1-28(23,24)20-10-12-21(13-11-20)29(25,26)22-18-8-5-9-19(16-18)27-15-14-17-6-3-2-4-7-17/h2-13,16,22H,14-15H2,1H3. The zero-order valence-electron chi connectivity index (χ0n) is 15.8. The van der Waals surface area contributed by atoms with Gasteiger partial charge in [-0.15, -0.1) is 0 Å². The van der Waals surface area contributed by atoms with Crippen LogP contribution in [0.3, 0.4) is 0 Å². The Balaban J connectivity index is 1.67. The second-order valence-corrected chi connectivity index (χ2v) is 10.2. The van der Waals surface area contributed by atoms with Crippen LogP contribution in [0.1, 0.15) is 5.56 Å². The monoisotopic (exact) mass is 431 g/mol. The lowest BCUT2D eigenvalue weighted by Crippen LogP contribution is -2.13. The molecular weight excluding hydrogens is 410 g/mol. The van der Waals surface area contributed by atoms with Crippen LogP contribution in [-0.4, -0.2) is 29.7 Å². The molecule has 0 aliphatic rings. The molecule has 0 saturated heterocycles. The number of sulfone groups is 1. The first-order valence-corrected chi connectivity index (χ1v) is 12.2. The van der Waals surface area contributed by atoms with Crippen molar-refractivity contribution in [1.29, 1.82) is 0 Å². The van der Waals surface area contributed by atoms with E-state index in [2.05, 4.69) is 4.72 Å². The van der Waals surface area contributed by atoms with E-state index in [9.17, 15) is 16.8 Å². The van der Waals surface area contributed by atoms with Gasteiger partial charge in [0.2, 0.25) is 0 Å². The van der Waals surface area contributed by atoms with E-state index in [0.29, 0.717) is 18.0 Å². The third kappa shape index (κ3) is 5.82. The molecule has 1 N–H and O–H groups in total. The molecule has 0 aliphatic carbocycles. The molecule has 3 aromatic rings. The van der Waals surface area contributed by atoms with E-state index < -0.39 is 19.9 Å². The van der Waals surface area contributed by atoms with E-state index in [1.807, 2.05) is 30.3 Å². The molecule has 6 nitrogen and oxygen atoms in total. The molecule has 3 rings (SSSR count). The van der Waals surface area contributed by atoms with E-state index in [0.717, 1.165) is 18.2 Å². The Labute approximate surface area is 171 Å². The molecule has 152 valence electrons. The Kier molecular flexibility index (Phi) is 6.24. The van der Waals surface area contributed by atoms with Crippen LogP contribution in [0, 0.1) is 0 Å². The van der Waals surface area contributed by atoms with Gasteiger partial charge in [0.05, 0.1) is 22.1 Å². The lowest BCUT2D eigenvalue weighted by molar-refractivity contribution is 0.322. The molecule has 0 fully saturated rings. The lowest BCUT2D eigenvalue weighted by Gasteiger charge is -2.11. The highest BCUT2D eigenvalue weighted by Crippen LogP contribution is 2.22. The van der Waals surface area contributed by atoms with Crippen LogP contribution in [0.25, 0.3) is 0 Å². The maximum atomic E-state index is 12.6. The van der Waals surface area contributed by atoms with Crippen LogP contribution in [0.15, 0.2) is 88.7 Å². The van der Waals surface area contributed by atoms with Gasteiger partial charge in [-0.3, -0.25) is 4.72 Å². The fourth-order valence-corrected chi connectivity index (χ4v) is 4.34. The first kappa shape index (κ1) is 20.9. The summed E-state index contributed by atoms with van der Waals surface area (Å²) < 4.78 is 56.4. The Hall–Kier alpha value is -2.84. The topological polar surface area (TPSA) is 89.5 Å². The quantitative estimate of drug-likeness (QED) is 0.589. The minimum atomic E-state index is -3.86. The summed E-state index contributed by atoms with van der Waals surface area (Å²) in [5, 5.41) is 0. The molecule has 0 saturated carbocycles. The molecule has 29 heavy (non-hydrogen) atoms. The summed E-state index contributed by atoms with van der Waals surface area (Å²) in [6, 6.07) is 21.7. The van der Waals surface area contributed by atoms with Crippen molar-refractivity contribution in [2.24, 2.45) is 0 Å². The molecular formula is C21H21NO5S2. The normalized spacial score (nSPS) is 11.8. The summed E-state index contributed by atoms with van der Waals surface area (Å²) in [6.45, 7) is 0.465. The summed E-state index contributed by atoms with van der Waals surface area (Å²) in [5.74, 6) is 0.550. The Morgan fingerprint density at radius 1 is 0.793 bits per heavy atom. The van der Waals surface area contributed by atoms with Gasteiger partial charge in [0.1, 0.15) is 5.75 Å². The molecule has 8 heteroatoms. The summed E-state index contributed by atoms with van der Waals surface area (Å²) in [4.78, 5) is 0.0329.